The second kappa shape index (κ2) is 6.00. The Bertz CT molecular complexity index is 401. The second-order valence-corrected chi connectivity index (χ2v) is 3.95. The number of aliphatic carboxylic acids is 1. The predicted octanol–water partition coefficient (Wildman–Crippen LogP) is 0.705. The van der Waals surface area contributed by atoms with Crippen molar-refractivity contribution in [2.24, 2.45) is 11.5 Å². The molecule has 0 radical (unpaired) electrons. The lowest BCUT2D eigenvalue weighted by molar-refractivity contribution is -0.138. The van der Waals surface area contributed by atoms with Crippen LogP contribution in [0.5, 0.6) is 0 Å². The standard InChI is InChI=1S/C12H17N3O2/c13-10(12(16)17)3-1-2-8-4-6-9(7-5-8)11(14)15/h4-7,10H,1-3,13H2,(H3,14,15)(H,16,17). The highest BCUT2D eigenvalue weighted by Gasteiger charge is 2.10. The van der Waals surface area contributed by atoms with Crippen molar-refractivity contribution in [3.05, 3.63) is 35.4 Å². The fourth-order valence-electron chi connectivity index (χ4n) is 1.50. The van der Waals surface area contributed by atoms with Crippen LogP contribution in [0.25, 0.3) is 0 Å². The molecule has 1 rings (SSSR count). The fourth-order valence-corrected chi connectivity index (χ4v) is 1.50. The summed E-state index contributed by atoms with van der Waals surface area (Å²) in [6.45, 7) is 0. The molecule has 1 aromatic rings. The molecule has 92 valence electrons. The average molecular weight is 235 g/mol. The van der Waals surface area contributed by atoms with Crippen molar-refractivity contribution in [1.29, 1.82) is 5.41 Å². The van der Waals surface area contributed by atoms with Gasteiger partial charge in [0.05, 0.1) is 0 Å². The van der Waals surface area contributed by atoms with Gasteiger partial charge in [-0.2, -0.15) is 0 Å². The van der Waals surface area contributed by atoms with Crippen LogP contribution in [0.2, 0.25) is 0 Å². The third-order valence-electron chi connectivity index (χ3n) is 2.56. The van der Waals surface area contributed by atoms with E-state index in [1.165, 1.54) is 0 Å². The molecule has 1 unspecified atom stereocenters. The van der Waals surface area contributed by atoms with Crippen LogP contribution in [-0.2, 0) is 11.2 Å². The Morgan fingerprint density at radius 1 is 1.35 bits per heavy atom. The quantitative estimate of drug-likeness (QED) is 0.429. The first-order valence-electron chi connectivity index (χ1n) is 5.42. The number of nitrogen functional groups attached to an aromatic ring is 1. The Kier molecular flexibility index (Phi) is 4.66. The largest absolute Gasteiger partial charge is 0.480 e. The van der Waals surface area contributed by atoms with Crippen LogP contribution in [-0.4, -0.2) is 23.0 Å². The van der Waals surface area contributed by atoms with Gasteiger partial charge in [0.1, 0.15) is 11.9 Å². The summed E-state index contributed by atoms with van der Waals surface area (Å²) in [6, 6.07) is 6.57. The minimum absolute atomic E-state index is 0.0458. The summed E-state index contributed by atoms with van der Waals surface area (Å²) in [5.74, 6) is -0.915. The molecule has 0 saturated carbocycles. The van der Waals surface area contributed by atoms with Crippen LogP contribution in [0.4, 0.5) is 0 Å². The van der Waals surface area contributed by atoms with Gasteiger partial charge in [0.25, 0.3) is 0 Å². The minimum Gasteiger partial charge on any atom is -0.480 e. The molecule has 0 spiro atoms. The number of carboxylic acids is 1. The monoisotopic (exact) mass is 235 g/mol. The lowest BCUT2D eigenvalue weighted by atomic mass is 10.0. The zero-order valence-corrected chi connectivity index (χ0v) is 9.52. The van der Waals surface area contributed by atoms with Gasteiger partial charge < -0.3 is 16.6 Å². The van der Waals surface area contributed by atoms with Gasteiger partial charge in [-0.25, -0.2) is 0 Å². The van der Waals surface area contributed by atoms with Crippen molar-refractivity contribution in [1.82, 2.24) is 0 Å². The number of nitrogens with two attached hydrogens (primary N) is 2. The number of carbonyl (C=O) groups is 1. The summed E-state index contributed by atoms with van der Waals surface area (Å²) in [5, 5.41) is 15.9. The smallest absolute Gasteiger partial charge is 0.320 e. The number of aryl methyl sites for hydroxylation is 1. The van der Waals surface area contributed by atoms with E-state index in [4.69, 9.17) is 22.0 Å². The SMILES string of the molecule is N=C(N)c1ccc(CCCC(N)C(=O)O)cc1. The molecule has 0 heterocycles. The van der Waals surface area contributed by atoms with Gasteiger partial charge in [0, 0.05) is 5.56 Å². The van der Waals surface area contributed by atoms with Gasteiger partial charge >= 0.3 is 5.97 Å². The number of amidine groups is 1. The van der Waals surface area contributed by atoms with Crippen LogP contribution in [0.3, 0.4) is 0 Å². The van der Waals surface area contributed by atoms with Gasteiger partial charge in [-0.1, -0.05) is 24.3 Å². The Labute approximate surface area is 99.9 Å². The molecule has 1 atom stereocenters. The topological polar surface area (TPSA) is 113 Å². The number of carboxylic acid groups (broad SMARTS) is 1. The van der Waals surface area contributed by atoms with E-state index in [1.807, 2.05) is 12.1 Å². The normalized spacial score (nSPS) is 12.1. The molecule has 0 aliphatic heterocycles. The van der Waals surface area contributed by atoms with E-state index in [2.05, 4.69) is 0 Å². The third kappa shape index (κ3) is 4.24. The van der Waals surface area contributed by atoms with E-state index in [0.717, 1.165) is 18.4 Å². The molecule has 0 fully saturated rings. The van der Waals surface area contributed by atoms with Gasteiger partial charge in [-0.15, -0.1) is 0 Å². The molecule has 0 aliphatic carbocycles. The zero-order chi connectivity index (χ0) is 12.8. The highest BCUT2D eigenvalue weighted by atomic mass is 16.4. The maximum Gasteiger partial charge on any atom is 0.320 e. The van der Waals surface area contributed by atoms with E-state index in [1.54, 1.807) is 12.1 Å². The molecule has 0 amide bonds. The van der Waals surface area contributed by atoms with Crippen molar-refractivity contribution in [2.45, 2.75) is 25.3 Å². The summed E-state index contributed by atoms with van der Waals surface area (Å²) in [4.78, 5) is 10.5. The summed E-state index contributed by atoms with van der Waals surface area (Å²) >= 11 is 0. The number of rotatable bonds is 6. The average Bonchev–Trinajstić information content (AvgIpc) is 2.29. The second-order valence-electron chi connectivity index (χ2n) is 3.95. The van der Waals surface area contributed by atoms with E-state index in [9.17, 15) is 4.79 Å². The van der Waals surface area contributed by atoms with Crippen molar-refractivity contribution in [2.75, 3.05) is 0 Å². The van der Waals surface area contributed by atoms with Gasteiger partial charge in [-0.3, -0.25) is 10.2 Å². The molecule has 5 heteroatoms. The molecule has 1 aromatic carbocycles. The van der Waals surface area contributed by atoms with Crippen molar-refractivity contribution in [3.63, 3.8) is 0 Å². The Morgan fingerprint density at radius 2 is 1.94 bits per heavy atom. The number of hydrogen-bond acceptors (Lipinski definition) is 3. The maximum atomic E-state index is 10.5. The summed E-state index contributed by atoms with van der Waals surface area (Å²) in [5.41, 5.74) is 12.5. The molecule has 17 heavy (non-hydrogen) atoms. The van der Waals surface area contributed by atoms with Crippen molar-refractivity contribution in [3.8, 4) is 0 Å². The molecule has 5 nitrogen and oxygen atoms in total. The van der Waals surface area contributed by atoms with Crippen LogP contribution >= 0.6 is 0 Å². The van der Waals surface area contributed by atoms with Crippen LogP contribution in [0.1, 0.15) is 24.0 Å². The molecular weight excluding hydrogens is 218 g/mol. The first kappa shape index (κ1) is 13.2. The summed E-state index contributed by atoms with van der Waals surface area (Å²) < 4.78 is 0. The van der Waals surface area contributed by atoms with Crippen molar-refractivity contribution >= 4 is 11.8 Å². The van der Waals surface area contributed by atoms with Crippen LogP contribution < -0.4 is 11.5 Å². The Morgan fingerprint density at radius 3 is 2.41 bits per heavy atom. The number of hydrogen-bond donors (Lipinski definition) is 4. The van der Waals surface area contributed by atoms with Crippen LogP contribution in [0, 0.1) is 5.41 Å². The number of nitrogens with one attached hydrogen (secondary N) is 1. The minimum atomic E-state index is -0.961. The molecule has 0 aliphatic rings. The first-order valence-corrected chi connectivity index (χ1v) is 5.42. The van der Waals surface area contributed by atoms with Gasteiger partial charge in [0.2, 0.25) is 0 Å². The number of benzene rings is 1. The van der Waals surface area contributed by atoms with E-state index >= 15 is 0 Å². The lowest BCUT2D eigenvalue weighted by Crippen LogP contribution is -2.29. The van der Waals surface area contributed by atoms with E-state index in [-0.39, 0.29) is 5.84 Å². The molecule has 0 aromatic heterocycles. The highest BCUT2D eigenvalue weighted by Crippen LogP contribution is 2.08. The molecule has 6 N–H and O–H groups in total. The predicted molar refractivity (Wildman–Crippen MR) is 66.0 cm³/mol. The molecule has 0 saturated heterocycles. The Hall–Kier alpha value is -1.88. The highest BCUT2D eigenvalue weighted by molar-refractivity contribution is 5.94. The van der Waals surface area contributed by atoms with E-state index < -0.39 is 12.0 Å². The maximum absolute atomic E-state index is 10.5. The first-order chi connectivity index (χ1) is 8.00. The Balaban J connectivity index is 2.42. The third-order valence-corrected chi connectivity index (χ3v) is 2.56. The van der Waals surface area contributed by atoms with Gasteiger partial charge in [0.15, 0.2) is 0 Å². The zero-order valence-electron chi connectivity index (χ0n) is 9.52. The van der Waals surface area contributed by atoms with Crippen molar-refractivity contribution < 1.29 is 9.90 Å². The van der Waals surface area contributed by atoms with Gasteiger partial charge in [-0.05, 0) is 24.8 Å². The molecular formula is C12H17N3O2. The fraction of sp³-hybridized carbons (Fsp3) is 0.333. The molecule has 0 bridgehead atoms. The van der Waals surface area contributed by atoms with E-state index in [0.29, 0.717) is 12.0 Å². The summed E-state index contributed by atoms with van der Waals surface area (Å²) in [6.07, 6.45) is 1.97. The summed E-state index contributed by atoms with van der Waals surface area (Å²) in [7, 11) is 0. The van der Waals surface area contributed by atoms with Crippen LogP contribution in [0.15, 0.2) is 24.3 Å². The lowest BCUT2D eigenvalue weighted by Gasteiger charge is -2.06.